The van der Waals surface area contributed by atoms with Crippen molar-refractivity contribution >= 4 is 76.5 Å². The zero-order chi connectivity index (χ0) is 59.3. The molecule has 87 heavy (non-hydrogen) atoms. The predicted molar refractivity (Wildman–Crippen MR) is 350 cm³/mol. The Labute approximate surface area is 520 Å². The summed E-state index contributed by atoms with van der Waals surface area (Å²) in [7, 11) is 0. The van der Waals surface area contributed by atoms with Crippen molar-refractivity contribution < 1.29 is 34.5 Å². The van der Waals surface area contributed by atoms with Gasteiger partial charge in [0.1, 0.15) is 5.82 Å². The Bertz CT molecular complexity index is 5370. The molecule has 0 spiro atoms. The average molecular weight is 1300 g/mol. The standard InChI is InChI=1S/C79H50N6O.Pt/c1-52-44-78(80-50-69(52)55-45-57(83-70-35-13-8-28-63(70)64-29-9-14-36-71(64)83)47-58(46-55)84-72-37-15-10-30-65(72)66-31-11-16-38-73(66)84)85-74-39-17-12-32-67(74)68-43-42-60(49-77(68)85)86-59-27-20-26-56(48-59)81-51-82(76-41-19-18-40-75(76)81)79-61(53-22-4-2-5-23-53)33-21-34-62(79)54-24-6-3-7-25-54;/h2-47,50H,1H3;/q-2;/i1D3;. The Morgan fingerprint density at radius 3 is 1.45 bits per heavy atom. The normalized spacial score (nSPS) is 12.3. The number of para-hydroxylation sites is 8. The van der Waals surface area contributed by atoms with Crippen LogP contribution in [-0.4, -0.2) is 23.3 Å². The van der Waals surface area contributed by atoms with Crippen LogP contribution < -0.4 is 9.30 Å². The van der Waals surface area contributed by atoms with Gasteiger partial charge in [0.05, 0.1) is 38.8 Å². The number of rotatable bonds is 10. The van der Waals surface area contributed by atoms with E-state index in [4.69, 9.17) is 9.72 Å². The number of nitrogens with zero attached hydrogens (tertiary/aromatic N) is 6. The molecule has 5 heterocycles. The Hall–Kier alpha value is -10.9. The van der Waals surface area contributed by atoms with E-state index in [1.807, 2.05) is 75.9 Å². The number of imidazole rings is 1. The molecular weight excluding hydrogens is 1240 g/mol. The quantitative estimate of drug-likeness (QED) is 0.101. The summed E-state index contributed by atoms with van der Waals surface area (Å²) in [5.41, 5.74) is 16.8. The largest absolute Gasteiger partial charge is 0.510 e. The van der Waals surface area contributed by atoms with E-state index >= 15 is 0 Å². The van der Waals surface area contributed by atoms with Crippen molar-refractivity contribution in [2.24, 2.45) is 0 Å². The molecule has 0 aliphatic rings. The van der Waals surface area contributed by atoms with Crippen LogP contribution in [0, 0.1) is 25.3 Å². The maximum atomic E-state index is 9.30. The summed E-state index contributed by atoms with van der Waals surface area (Å²) in [5, 5.41) is 6.37. The van der Waals surface area contributed by atoms with Gasteiger partial charge in [0.2, 0.25) is 0 Å². The number of ether oxygens (including phenoxy) is 1. The Morgan fingerprint density at radius 1 is 0.402 bits per heavy atom. The van der Waals surface area contributed by atoms with E-state index in [0.29, 0.717) is 34.0 Å². The summed E-state index contributed by atoms with van der Waals surface area (Å²) >= 11 is 0. The molecule has 0 aliphatic carbocycles. The van der Waals surface area contributed by atoms with Crippen molar-refractivity contribution in [1.82, 2.24) is 23.3 Å². The van der Waals surface area contributed by atoms with Gasteiger partial charge in [-0.05, 0) is 106 Å². The fraction of sp³-hybridized carbons (Fsp3) is 0.0127. The van der Waals surface area contributed by atoms with Crippen LogP contribution in [0.15, 0.2) is 285 Å². The molecule has 5 aromatic heterocycles. The Kier molecular flexibility index (Phi) is 11.7. The van der Waals surface area contributed by atoms with Gasteiger partial charge in [-0.15, -0.1) is 29.7 Å². The topological polar surface area (TPSA) is 45.7 Å². The Balaban J connectivity index is 0.00000649. The van der Waals surface area contributed by atoms with Gasteiger partial charge in [0.25, 0.3) is 6.33 Å². The van der Waals surface area contributed by atoms with E-state index in [0.717, 1.165) is 116 Å². The van der Waals surface area contributed by atoms with E-state index < -0.39 is 6.85 Å². The molecule has 8 heteroatoms. The summed E-state index contributed by atoms with van der Waals surface area (Å²) in [5.74, 6) is 1.35. The van der Waals surface area contributed by atoms with Crippen LogP contribution in [0.3, 0.4) is 0 Å². The van der Waals surface area contributed by atoms with Crippen molar-refractivity contribution in [3.63, 3.8) is 0 Å². The summed E-state index contributed by atoms with van der Waals surface area (Å²) < 4.78 is 45.4. The van der Waals surface area contributed by atoms with Crippen molar-refractivity contribution in [3.05, 3.63) is 309 Å². The van der Waals surface area contributed by atoms with E-state index in [1.165, 1.54) is 0 Å². The molecule has 0 saturated carbocycles. The van der Waals surface area contributed by atoms with Crippen LogP contribution in [0.25, 0.3) is 138 Å². The number of fused-ring (bicyclic) bond motifs is 10. The summed E-state index contributed by atoms with van der Waals surface area (Å²) in [6.45, 7) is -2.56. The molecule has 12 aromatic carbocycles. The minimum atomic E-state index is -2.56. The molecule has 17 aromatic rings. The summed E-state index contributed by atoms with van der Waals surface area (Å²) in [4.78, 5) is 5.23. The van der Waals surface area contributed by atoms with Crippen LogP contribution in [0.4, 0.5) is 0 Å². The van der Waals surface area contributed by atoms with Gasteiger partial charge in [-0.2, -0.15) is 18.2 Å². The molecule has 7 nitrogen and oxygen atoms in total. The molecule has 0 unspecified atom stereocenters. The second-order valence-electron chi connectivity index (χ2n) is 21.7. The van der Waals surface area contributed by atoms with Gasteiger partial charge in [-0.3, -0.25) is 4.57 Å². The Morgan fingerprint density at radius 2 is 0.885 bits per heavy atom. The number of aromatic nitrogens is 6. The molecule has 17 rings (SSSR count). The van der Waals surface area contributed by atoms with Crippen LogP contribution >= 0.6 is 0 Å². The van der Waals surface area contributed by atoms with Crippen LogP contribution in [-0.2, 0) is 21.1 Å². The molecule has 0 bridgehead atoms. The number of hydrogen-bond donors (Lipinski definition) is 0. The SMILES string of the molecule is [2H]C([2H])([2H])c1cc(-n2c3[c-]c(Oc4[c-]c(-n5[c-][n+](-c6c(-c7ccccc7)cccc6-c6ccccc6)c6ccccc65)ccc4)ccc3c3ccccc32)ncc1-c1cc(-n2c3ccccc3c3ccccc32)cc(-n2c3ccccc3c3ccccc32)c1.[Pt]. The second kappa shape index (κ2) is 21.0. The first-order valence-corrected chi connectivity index (χ1v) is 28.8. The van der Waals surface area contributed by atoms with Crippen LogP contribution in [0.5, 0.6) is 11.5 Å². The molecule has 0 atom stereocenters. The number of pyridine rings is 1. The summed E-state index contributed by atoms with van der Waals surface area (Å²) in [6.07, 6.45) is 5.49. The molecular formula is C79H50N6OPt-2. The van der Waals surface area contributed by atoms with Gasteiger partial charge in [-0.1, -0.05) is 200 Å². The van der Waals surface area contributed by atoms with E-state index in [9.17, 15) is 4.11 Å². The van der Waals surface area contributed by atoms with Gasteiger partial charge < -0.3 is 23.0 Å². The van der Waals surface area contributed by atoms with E-state index in [2.05, 4.69) is 238 Å². The van der Waals surface area contributed by atoms with Crippen LogP contribution in [0.1, 0.15) is 9.68 Å². The first kappa shape index (κ1) is 48.5. The predicted octanol–water partition coefficient (Wildman–Crippen LogP) is 19.1. The smallest absolute Gasteiger partial charge is 0.268 e. The first-order chi connectivity index (χ1) is 43.8. The van der Waals surface area contributed by atoms with Gasteiger partial charge in [0, 0.05) is 86.9 Å². The van der Waals surface area contributed by atoms with Gasteiger partial charge >= 0.3 is 0 Å². The molecule has 0 fully saturated rings. The number of hydrogen-bond acceptors (Lipinski definition) is 2. The summed E-state index contributed by atoms with van der Waals surface area (Å²) in [6, 6.07) is 103. The third-order valence-corrected chi connectivity index (χ3v) is 16.8. The second-order valence-corrected chi connectivity index (χ2v) is 21.7. The first-order valence-electron chi connectivity index (χ1n) is 30.3. The number of aryl methyl sites for hydroxylation is 1. The molecule has 0 aliphatic heterocycles. The van der Waals surface area contributed by atoms with Crippen molar-refractivity contribution in [2.45, 2.75) is 6.85 Å². The molecule has 0 saturated heterocycles. The van der Waals surface area contributed by atoms with Crippen LogP contribution in [0.2, 0.25) is 0 Å². The molecule has 0 amide bonds. The van der Waals surface area contributed by atoms with E-state index in [-0.39, 0.29) is 26.6 Å². The number of benzene rings is 12. The fourth-order valence-electron chi connectivity index (χ4n) is 13.0. The molecule has 0 N–H and O–H groups in total. The monoisotopic (exact) mass is 1300 g/mol. The third kappa shape index (κ3) is 8.53. The molecule has 414 valence electrons. The van der Waals surface area contributed by atoms with Gasteiger partial charge in [0.15, 0.2) is 0 Å². The zero-order valence-electron chi connectivity index (χ0n) is 49.5. The van der Waals surface area contributed by atoms with Crippen molar-refractivity contribution in [2.75, 3.05) is 0 Å². The average Bonchev–Trinajstić information content (AvgIpc) is 1.61. The minimum absolute atomic E-state index is 0. The van der Waals surface area contributed by atoms with E-state index in [1.54, 1.807) is 12.3 Å². The maximum absolute atomic E-state index is 9.30. The van der Waals surface area contributed by atoms with Crippen molar-refractivity contribution in [1.29, 1.82) is 0 Å². The van der Waals surface area contributed by atoms with Crippen molar-refractivity contribution in [3.8, 4) is 73.4 Å². The minimum Gasteiger partial charge on any atom is -0.510 e. The van der Waals surface area contributed by atoms with Gasteiger partial charge in [-0.25, -0.2) is 4.98 Å². The zero-order valence-corrected chi connectivity index (χ0v) is 48.8. The molecule has 0 radical (unpaired) electrons. The third-order valence-electron chi connectivity index (χ3n) is 16.8. The fourth-order valence-corrected chi connectivity index (χ4v) is 13.0. The maximum Gasteiger partial charge on any atom is 0.268 e.